The Morgan fingerprint density at radius 2 is 2.06 bits per heavy atom. The molecular weight excluding hydrogens is 230 g/mol. The number of rotatable bonds is 3. The van der Waals surface area contributed by atoms with Crippen molar-refractivity contribution in [1.29, 1.82) is 0 Å². The molecule has 0 saturated carbocycles. The van der Waals surface area contributed by atoms with Gasteiger partial charge in [0, 0.05) is 30.0 Å². The minimum atomic E-state index is -0.213. The van der Waals surface area contributed by atoms with E-state index in [1.165, 1.54) is 0 Å². The van der Waals surface area contributed by atoms with E-state index in [0.29, 0.717) is 29.2 Å². The first-order valence-corrected chi connectivity index (χ1v) is 5.76. The van der Waals surface area contributed by atoms with E-state index in [4.69, 9.17) is 5.11 Å². The summed E-state index contributed by atoms with van der Waals surface area (Å²) >= 11 is 0. The molecule has 0 unspecified atom stereocenters. The van der Waals surface area contributed by atoms with Crippen LogP contribution in [0.25, 0.3) is 11.5 Å². The molecule has 5 nitrogen and oxygen atoms in total. The molecule has 0 radical (unpaired) electrons. The van der Waals surface area contributed by atoms with Gasteiger partial charge in [-0.05, 0) is 26.0 Å². The zero-order valence-electron chi connectivity index (χ0n) is 10.4. The number of aliphatic hydroxyl groups excluding tert-OH is 1. The number of nitrogens with one attached hydrogen (secondary N) is 1. The highest BCUT2D eigenvalue weighted by Crippen LogP contribution is 2.12. The average molecular weight is 245 g/mol. The molecule has 5 heteroatoms. The van der Waals surface area contributed by atoms with Gasteiger partial charge in [0.15, 0.2) is 5.82 Å². The van der Waals surface area contributed by atoms with Crippen molar-refractivity contribution in [3.63, 3.8) is 0 Å². The van der Waals surface area contributed by atoms with E-state index in [-0.39, 0.29) is 12.2 Å². The molecule has 0 saturated heterocycles. The van der Waals surface area contributed by atoms with Crippen LogP contribution in [0.15, 0.2) is 23.0 Å². The van der Waals surface area contributed by atoms with E-state index >= 15 is 0 Å². The smallest absolute Gasteiger partial charge is 0.254 e. The molecule has 0 bridgehead atoms. The summed E-state index contributed by atoms with van der Waals surface area (Å²) in [5.74, 6) is 0.461. The number of aryl methyl sites for hydroxylation is 2. The normalized spacial score (nSPS) is 10.6. The molecule has 2 heterocycles. The van der Waals surface area contributed by atoms with Crippen molar-refractivity contribution < 1.29 is 5.11 Å². The van der Waals surface area contributed by atoms with Crippen LogP contribution >= 0.6 is 0 Å². The monoisotopic (exact) mass is 245 g/mol. The van der Waals surface area contributed by atoms with Crippen molar-refractivity contribution in [3.05, 3.63) is 45.5 Å². The lowest BCUT2D eigenvalue weighted by atomic mass is 10.2. The molecule has 94 valence electrons. The topological polar surface area (TPSA) is 78.9 Å². The van der Waals surface area contributed by atoms with Gasteiger partial charge in [0.05, 0.1) is 0 Å². The van der Waals surface area contributed by atoms with Crippen LogP contribution in [-0.4, -0.2) is 26.7 Å². The third kappa shape index (κ3) is 2.46. The summed E-state index contributed by atoms with van der Waals surface area (Å²) in [6.45, 7) is 3.59. The number of hydrogen-bond acceptors (Lipinski definition) is 4. The summed E-state index contributed by atoms with van der Waals surface area (Å²) in [4.78, 5) is 23.2. The molecule has 0 amide bonds. The van der Waals surface area contributed by atoms with Gasteiger partial charge in [0.2, 0.25) is 0 Å². The lowest BCUT2D eigenvalue weighted by Crippen LogP contribution is -2.18. The average Bonchev–Trinajstić information content (AvgIpc) is 2.33. The fraction of sp³-hybridized carbons (Fsp3) is 0.308. The van der Waals surface area contributed by atoms with Gasteiger partial charge >= 0.3 is 0 Å². The lowest BCUT2D eigenvalue weighted by Gasteiger charge is -2.06. The summed E-state index contributed by atoms with van der Waals surface area (Å²) in [6.07, 6.45) is 0.315. The molecule has 18 heavy (non-hydrogen) atoms. The van der Waals surface area contributed by atoms with Crippen LogP contribution in [0.2, 0.25) is 0 Å². The van der Waals surface area contributed by atoms with Crippen LogP contribution in [0.1, 0.15) is 17.0 Å². The van der Waals surface area contributed by atoms with Gasteiger partial charge in [-0.3, -0.25) is 4.79 Å². The zero-order chi connectivity index (χ0) is 13.1. The van der Waals surface area contributed by atoms with Crippen LogP contribution in [-0.2, 0) is 6.42 Å². The maximum Gasteiger partial charge on any atom is 0.254 e. The van der Waals surface area contributed by atoms with E-state index in [9.17, 15) is 4.79 Å². The largest absolute Gasteiger partial charge is 0.396 e. The van der Waals surface area contributed by atoms with Crippen LogP contribution < -0.4 is 5.56 Å². The number of aromatic nitrogens is 3. The highest BCUT2D eigenvalue weighted by atomic mass is 16.3. The van der Waals surface area contributed by atoms with E-state index in [2.05, 4.69) is 15.0 Å². The van der Waals surface area contributed by atoms with Crippen LogP contribution in [0, 0.1) is 13.8 Å². The minimum Gasteiger partial charge on any atom is -0.396 e. The Morgan fingerprint density at radius 1 is 1.28 bits per heavy atom. The van der Waals surface area contributed by atoms with Crippen molar-refractivity contribution in [2.24, 2.45) is 0 Å². The van der Waals surface area contributed by atoms with Gasteiger partial charge in [-0.2, -0.15) is 0 Å². The Balaban J connectivity index is 2.51. The number of nitrogens with zero attached hydrogens (tertiary/aromatic N) is 2. The molecule has 0 spiro atoms. The summed E-state index contributed by atoms with van der Waals surface area (Å²) in [6, 6.07) is 5.56. The van der Waals surface area contributed by atoms with Gasteiger partial charge in [0.25, 0.3) is 5.56 Å². The lowest BCUT2D eigenvalue weighted by molar-refractivity contribution is 0.298. The Bertz CT molecular complexity index is 620. The standard InChI is InChI=1S/C13H15N3O2/c1-8-4-3-5-11(14-8)12-15-9(2)10(6-7-17)13(18)16-12/h3-5,17H,6-7H2,1-2H3,(H,15,16,18). The van der Waals surface area contributed by atoms with Gasteiger partial charge in [-0.25, -0.2) is 9.97 Å². The van der Waals surface area contributed by atoms with E-state index in [1.807, 2.05) is 19.1 Å². The van der Waals surface area contributed by atoms with Crippen molar-refractivity contribution in [3.8, 4) is 11.5 Å². The highest BCUT2D eigenvalue weighted by molar-refractivity contribution is 5.49. The second-order valence-corrected chi connectivity index (χ2v) is 4.12. The first-order valence-electron chi connectivity index (χ1n) is 5.76. The molecule has 0 fully saturated rings. The maximum atomic E-state index is 11.9. The van der Waals surface area contributed by atoms with Crippen molar-refractivity contribution >= 4 is 0 Å². The van der Waals surface area contributed by atoms with Crippen LogP contribution in [0.4, 0.5) is 0 Å². The molecular formula is C13H15N3O2. The number of aliphatic hydroxyl groups is 1. The maximum absolute atomic E-state index is 11.9. The third-order valence-electron chi connectivity index (χ3n) is 2.72. The van der Waals surface area contributed by atoms with Gasteiger partial charge in [0.1, 0.15) is 5.69 Å². The zero-order valence-corrected chi connectivity index (χ0v) is 10.4. The van der Waals surface area contributed by atoms with E-state index in [0.717, 1.165) is 5.69 Å². The third-order valence-corrected chi connectivity index (χ3v) is 2.72. The summed E-state index contributed by atoms with van der Waals surface area (Å²) in [5.41, 5.74) is 2.45. The Morgan fingerprint density at radius 3 is 2.67 bits per heavy atom. The Kier molecular flexibility index (Phi) is 3.53. The summed E-state index contributed by atoms with van der Waals surface area (Å²) in [5, 5.41) is 8.90. The molecule has 2 rings (SSSR count). The van der Waals surface area contributed by atoms with E-state index < -0.39 is 0 Å². The quantitative estimate of drug-likeness (QED) is 0.845. The molecule has 0 aromatic carbocycles. The number of H-pyrrole nitrogens is 1. The molecule has 0 atom stereocenters. The number of aromatic amines is 1. The predicted octanol–water partition coefficient (Wildman–Crippen LogP) is 0.984. The molecule has 0 aliphatic carbocycles. The molecule has 2 aromatic rings. The molecule has 2 aromatic heterocycles. The van der Waals surface area contributed by atoms with Gasteiger partial charge in [-0.15, -0.1) is 0 Å². The SMILES string of the molecule is Cc1cccc(-c2nc(C)c(CCO)c(=O)[nH]2)n1. The first-order chi connectivity index (χ1) is 8.61. The Hall–Kier alpha value is -2.01. The van der Waals surface area contributed by atoms with Crippen LogP contribution in [0.3, 0.4) is 0 Å². The van der Waals surface area contributed by atoms with Crippen molar-refractivity contribution in [2.45, 2.75) is 20.3 Å². The highest BCUT2D eigenvalue weighted by Gasteiger charge is 2.09. The number of hydrogen-bond donors (Lipinski definition) is 2. The second kappa shape index (κ2) is 5.10. The van der Waals surface area contributed by atoms with Crippen molar-refractivity contribution in [1.82, 2.24) is 15.0 Å². The van der Waals surface area contributed by atoms with Crippen LogP contribution in [0.5, 0.6) is 0 Å². The molecule has 0 aliphatic heterocycles. The fourth-order valence-corrected chi connectivity index (χ4v) is 1.81. The van der Waals surface area contributed by atoms with Crippen molar-refractivity contribution in [2.75, 3.05) is 6.61 Å². The molecule has 2 N–H and O–H groups in total. The second-order valence-electron chi connectivity index (χ2n) is 4.12. The van der Waals surface area contributed by atoms with Gasteiger partial charge < -0.3 is 10.1 Å². The molecule has 0 aliphatic rings. The first kappa shape index (κ1) is 12.4. The van der Waals surface area contributed by atoms with Gasteiger partial charge in [-0.1, -0.05) is 6.07 Å². The Labute approximate surface area is 105 Å². The predicted molar refractivity (Wildman–Crippen MR) is 68.4 cm³/mol. The summed E-state index contributed by atoms with van der Waals surface area (Å²) < 4.78 is 0. The number of pyridine rings is 1. The summed E-state index contributed by atoms with van der Waals surface area (Å²) in [7, 11) is 0. The fourth-order valence-electron chi connectivity index (χ4n) is 1.81. The van der Waals surface area contributed by atoms with E-state index in [1.54, 1.807) is 13.0 Å². The minimum absolute atomic E-state index is 0.0619.